The Bertz CT molecular complexity index is 604. The molecule has 4 nitrogen and oxygen atoms in total. The van der Waals surface area contributed by atoms with Gasteiger partial charge in [0.15, 0.2) is 0 Å². The molecule has 0 spiro atoms. The van der Waals surface area contributed by atoms with Gasteiger partial charge in [-0.15, -0.1) is 0 Å². The zero-order valence-corrected chi connectivity index (χ0v) is 12.9. The van der Waals surface area contributed by atoms with Gasteiger partial charge >= 0.3 is 0 Å². The number of nitrogens with one attached hydrogen (secondary N) is 2. The normalized spacial score (nSPS) is 10.2. The van der Waals surface area contributed by atoms with E-state index in [0.717, 1.165) is 17.7 Å². The number of carbonyl (C=O) groups excluding carboxylic acids is 1. The third kappa shape index (κ3) is 4.20. The van der Waals surface area contributed by atoms with Gasteiger partial charge < -0.3 is 10.6 Å². The summed E-state index contributed by atoms with van der Waals surface area (Å²) in [7, 11) is 1.79. The number of amides is 1. The fourth-order valence-electron chi connectivity index (χ4n) is 1.91. The SMILES string of the molecule is CCc1cc(C(=O)NCc2ccc(Cl)cc2)cc(NC)n1. The molecule has 2 rings (SSSR count). The minimum absolute atomic E-state index is 0.112. The second-order valence-electron chi connectivity index (χ2n) is 4.65. The zero-order chi connectivity index (χ0) is 15.2. The molecule has 5 heteroatoms. The zero-order valence-electron chi connectivity index (χ0n) is 12.1. The number of aryl methyl sites for hydroxylation is 1. The van der Waals surface area contributed by atoms with Crippen LogP contribution in [0.15, 0.2) is 36.4 Å². The molecule has 2 N–H and O–H groups in total. The van der Waals surface area contributed by atoms with Crippen molar-refractivity contribution < 1.29 is 4.79 Å². The van der Waals surface area contributed by atoms with Crippen molar-refractivity contribution in [3.05, 3.63) is 58.2 Å². The molecule has 0 atom stereocenters. The van der Waals surface area contributed by atoms with Crippen molar-refractivity contribution in [2.24, 2.45) is 0 Å². The van der Waals surface area contributed by atoms with E-state index in [2.05, 4.69) is 15.6 Å². The second-order valence-corrected chi connectivity index (χ2v) is 5.08. The van der Waals surface area contributed by atoms with E-state index in [-0.39, 0.29) is 5.91 Å². The van der Waals surface area contributed by atoms with Crippen LogP contribution in [0.1, 0.15) is 28.5 Å². The Balaban J connectivity index is 2.07. The lowest BCUT2D eigenvalue weighted by Crippen LogP contribution is -2.23. The Morgan fingerprint density at radius 1 is 1.24 bits per heavy atom. The van der Waals surface area contributed by atoms with Crippen molar-refractivity contribution in [3.8, 4) is 0 Å². The lowest BCUT2D eigenvalue weighted by atomic mass is 10.1. The minimum atomic E-state index is -0.112. The molecule has 1 amide bonds. The molecule has 2 aromatic rings. The maximum Gasteiger partial charge on any atom is 0.251 e. The number of halogens is 1. The quantitative estimate of drug-likeness (QED) is 0.891. The highest BCUT2D eigenvalue weighted by molar-refractivity contribution is 6.30. The van der Waals surface area contributed by atoms with Crippen molar-refractivity contribution in [2.75, 3.05) is 12.4 Å². The summed E-state index contributed by atoms with van der Waals surface area (Å²) in [5, 5.41) is 6.56. The van der Waals surface area contributed by atoms with Crippen LogP contribution in [0.4, 0.5) is 5.82 Å². The molecule has 1 aromatic heterocycles. The van der Waals surface area contributed by atoms with Gasteiger partial charge in [-0.25, -0.2) is 4.98 Å². The average molecular weight is 304 g/mol. The Hall–Kier alpha value is -2.07. The number of aromatic nitrogens is 1. The fraction of sp³-hybridized carbons (Fsp3) is 0.250. The second kappa shape index (κ2) is 7.09. The first kappa shape index (κ1) is 15.3. The molecule has 21 heavy (non-hydrogen) atoms. The number of pyridine rings is 1. The van der Waals surface area contributed by atoms with Crippen molar-refractivity contribution >= 4 is 23.3 Å². The predicted molar refractivity (Wildman–Crippen MR) is 85.8 cm³/mol. The number of anilines is 1. The van der Waals surface area contributed by atoms with Gasteiger partial charge in [0.1, 0.15) is 5.82 Å². The lowest BCUT2D eigenvalue weighted by molar-refractivity contribution is 0.0950. The molecule has 0 aliphatic heterocycles. The standard InChI is InChI=1S/C16H18ClN3O/c1-3-14-8-12(9-15(18-2)20-14)16(21)19-10-11-4-6-13(17)7-5-11/h4-9H,3,10H2,1-2H3,(H,18,20)(H,19,21). The molecule has 0 unspecified atom stereocenters. The Morgan fingerprint density at radius 3 is 2.57 bits per heavy atom. The molecule has 110 valence electrons. The van der Waals surface area contributed by atoms with Crippen LogP contribution in [0.5, 0.6) is 0 Å². The number of carbonyl (C=O) groups is 1. The highest BCUT2D eigenvalue weighted by Gasteiger charge is 2.09. The number of hydrogen-bond acceptors (Lipinski definition) is 3. The van der Waals surface area contributed by atoms with E-state index in [1.165, 1.54) is 0 Å². The van der Waals surface area contributed by atoms with Gasteiger partial charge in [-0.2, -0.15) is 0 Å². The van der Waals surface area contributed by atoms with Crippen molar-refractivity contribution in [3.63, 3.8) is 0 Å². The van der Waals surface area contributed by atoms with Gasteiger partial charge in [0.05, 0.1) is 0 Å². The Morgan fingerprint density at radius 2 is 1.95 bits per heavy atom. The van der Waals surface area contributed by atoms with Crippen LogP contribution in [0.2, 0.25) is 5.02 Å². The van der Waals surface area contributed by atoms with Gasteiger partial charge in [-0.05, 0) is 36.2 Å². The third-order valence-electron chi connectivity index (χ3n) is 3.13. The van der Waals surface area contributed by atoms with E-state index in [0.29, 0.717) is 22.9 Å². The molecule has 0 saturated carbocycles. The number of rotatable bonds is 5. The van der Waals surface area contributed by atoms with Crippen LogP contribution < -0.4 is 10.6 Å². The fourth-order valence-corrected chi connectivity index (χ4v) is 2.04. The topological polar surface area (TPSA) is 54.0 Å². The highest BCUT2D eigenvalue weighted by atomic mass is 35.5. The predicted octanol–water partition coefficient (Wildman–Crippen LogP) is 3.27. The molecular weight excluding hydrogens is 286 g/mol. The maximum absolute atomic E-state index is 12.2. The number of benzene rings is 1. The molecule has 0 saturated heterocycles. The maximum atomic E-state index is 12.2. The van der Waals surface area contributed by atoms with Crippen LogP contribution in [-0.2, 0) is 13.0 Å². The van der Waals surface area contributed by atoms with Crippen LogP contribution in [-0.4, -0.2) is 17.9 Å². The number of hydrogen-bond donors (Lipinski definition) is 2. The molecule has 1 heterocycles. The Labute approximate surface area is 129 Å². The molecule has 0 bridgehead atoms. The first-order chi connectivity index (χ1) is 10.1. The summed E-state index contributed by atoms with van der Waals surface area (Å²) in [5.74, 6) is 0.588. The first-order valence-corrected chi connectivity index (χ1v) is 7.21. The third-order valence-corrected chi connectivity index (χ3v) is 3.38. The van der Waals surface area contributed by atoms with Crippen LogP contribution >= 0.6 is 11.6 Å². The van der Waals surface area contributed by atoms with Crippen LogP contribution in [0, 0.1) is 0 Å². The molecule has 1 aromatic carbocycles. The summed E-state index contributed by atoms with van der Waals surface area (Å²) in [6.45, 7) is 2.48. The highest BCUT2D eigenvalue weighted by Crippen LogP contribution is 2.12. The summed E-state index contributed by atoms with van der Waals surface area (Å²) >= 11 is 5.84. The lowest BCUT2D eigenvalue weighted by Gasteiger charge is -2.09. The van der Waals surface area contributed by atoms with E-state index in [1.54, 1.807) is 13.1 Å². The van der Waals surface area contributed by atoms with E-state index >= 15 is 0 Å². The van der Waals surface area contributed by atoms with Gasteiger partial charge in [0.2, 0.25) is 0 Å². The van der Waals surface area contributed by atoms with Crippen molar-refractivity contribution in [1.29, 1.82) is 0 Å². The summed E-state index contributed by atoms with van der Waals surface area (Å²) < 4.78 is 0. The average Bonchev–Trinajstić information content (AvgIpc) is 2.53. The molecule has 0 fully saturated rings. The molecule has 0 radical (unpaired) electrons. The van der Waals surface area contributed by atoms with E-state index < -0.39 is 0 Å². The molecule has 0 aliphatic rings. The van der Waals surface area contributed by atoms with E-state index in [1.807, 2.05) is 37.3 Å². The summed E-state index contributed by atoms with van der Waals surface area (Å²) in [6, 6.07) is 11.0. The van der Waals surface area contributed by atoms with E-state index in [4.69, 9.17) is 11.6 Å². The smallest absolute Gasteiger partial charge is 0.251 e. The summed E-state index contributed by atoms with van der Waals surface area (Å²) in [4.78, 5) is 16.6. The van der Waals surface area contributed by atoms with Gasteiger partial charge in [-0.1, -0.05) is 30.7 Å². The van der Waals surface area contributed by atoms with Crippen LogP contribution in [0.25, 0.3) is 0 Å². The summed E-state index contributed by atoms with van der Waals surface area (Å²) in [5.41, 5.74) is 2.50. The number of nitrogens with zero attached hydrogens (tertiary/aromatic N) is 1. The first-order valence-electron chi connectivity index (χ1n) is 6.83. The van der Waals surface area contributed by atoms with Crippen molar-refractivity contribution in [2.45, 2.75) is 19.9 Å². The largest absolute Gasteiger partial charge is 0.373 e. The Kier molecular flexibility index (Phi) is 5.17. The molecule has 0 aliphatic carbocycles. The summed E-state index contributed by atoms with van der Waals surface area (Å²) in [6.07, 6.45) is 0.785. The minimum Gasteiger partial charge on any atom is -0.373 e. The van der Waals surface area contributed by atoms with Gasteiger partial charge in [0.25, 0.3) is 5.91 Å². The van der Waals surface area contributed by atoms with Crippen LogP contribution in [0.3, 0.4) is 0 Å². The van der Waals surface area contributed by atoms with Crippen molar-refractivity contribution in [1.82, 2.24) is 10.3 Å². The molecular formula is C16H18ClN3O. The van der Waals surface area contributed by atoms with Gasteiger partial charge in [0, 0.05) is 29.9 Å². The van der Waals surface area contributed by atoms with Gasteiger partial charge in [-0.3, -0.25) is 4.79 Å². The van der Waals surface area contributed by atoms with E-state index in [9.17, 15) is 4.79 Å². The monoisotopic (exact) mass is 303 g/mol.